The molecule has 2 rings (SSSR count). The maximum atomic E-state index is 11.5. The van der Waals surface area contributed by atoms with Crippen LogP contribution >= 0.6 is 8.58 Å². The fourth-order valence-corrected chi connectivity index (χ4v) is 2.64. The van der Waals surface area contributed by atoms with Gasteiger partial charge < -0.3 is 0 Å². The van der Waals surface area contributed by atoms with Gasteiger partial charge in [-0.25, -0.2) is 4.39 Å². The highest BCUT2D eigenvalue weighted by molar-refractivity contribution is 7.37. The molecule has 114 valence electrons. The van der Waals surface area contributed by atoms with Gasteiger partial charge in [-0.3, -0.25) is 0 Å². The van der Waals surface area contributed by atoms with Gasteiger partial charge in [-0.1, -0.05) is 95.4 Å². The summed E-state index contributed by atoms with van der Waals surface area (Å²) in [5.74, 6) is 0. The lowest BCUT2D eigenvalue weighted by molar-refractivity contribution is 0.600. The van der Waals surface area contributed by atoms with Gasteiger partial charge in [-0.2, -0.15) is 0 Å². The van der Waals surface area contributed by atoms with E-state index in [0.717, 1.165) is 6.16 Å². The van der Waals surface area contributed by atoms with Crippen LogP contribution in [0, 0.1) is 0 Å². The number of hydrogen-bond acceptors (Lipinski definition) is 0. The van der Waals surface area contributed by atoms with Crippen LogP contribution in [0.15, 0.2) is 60.7 Å². The Hall–Kier alpha value is -1.20. The Balaban J connectivity index is 0.000000222. The molecule has 2 aromatic carbocycles. The fourth-order valence-electron chi connectivity index (χ4n) is 2.00. The molecule has 0 aliphatic heterocycles. The summed E-state index contributed by atoms with van der Waals surface area (Å²) in [6.07, 6.45) is 6.12. The van der Waals surface area contributed by atoms with Crippen molar-refractivity contribution in [1.29, 1.82) is 0 Å². The van der Waals surface area contributed by atoms with Crippen LogP contribution in [0.5, 0.6) is 0 Å². The molecule has 0 N–H and O–H groups in total. The van der Waals surface area contributed by atoms with Crippen molar-refractivity contribution in [2.24, 2.45) is 0 Å². The lowest BCUT2D eigenvalue weighted by atomic mass is 10.1. The van der Waals surface area contributed by atoms with E-state index in [9.17, 15) is 4.39 Å². The molecule has 0 bridgehead atoms. The molecule has 1 unspecified atom stereocenters. The molecule has 0 nitrogen and oxygen atoms in total. The molecular formula is C19H26FP. The van der Waals surface area contributed by atoms with E-state index in [-0.39, 0.29) is 6.42 Å². The smallest absolute Gasteiger partial charge is 0.106 e. The van der Waals surface area contributed by atoms with Gasteiger partial charge in [-0.15, -0.1) is 0 Å². The van der Waals surface area contributed by atoms with Crippen molar-refractivity contribution in [1.82, 2.24) is 0 Å². The molecule has 0 fully saturated rings. The number of unbranched alkanes of at least 4 members (excludes halogenated alkanes) is 3. The Bertz CT molecular complexity index is 398. The summed E-state index contributed by atoms with van der Waals surface area (Å²) in [4.78, 5) is 0. The third kappa shape index (κ3) is 8.63. The van der Waals surface area contributed by atoms with E-state index in [0.29, 0.717) is 8.58 Å². The van der Waals surface area contributed by atoms with Crippen LogP contribution in [0.3, 0.4) is 0 Å². The van der Waals surface area contributed by atoms with E-state index in [1.54, 1.807) is 0 Å². The van der Waals surface area contributed by atoms with Gasteiger partial charge in [-0.05, 0) is 23.7 Å². The maximum Gasteiger partial charge on any atom is 0.106 e. The minimum absolute atomic E-state index is 0.105. The van der Waals surface area contributed by atoms with Crippen molar-refractivity contribution in [3.05, 3.63) is 60.7 Å². The second kappa shape index (κ2) is 12.5. The SMILES string of the molecule is CCCCCCPCF.c1ccc(-c2ccccc2)cc1. The van der Waals surface area contributed by atoms with Gasteiger partial charge in [0, 0.05) is 0 Å². The van der Waals surface area contributed by atoms with E-state index < -0.39 is 0 Å². The predicted molar refractivity (Wildman–Crippen MR) is 95.2 cm³/mol. The van der Waals surface area contributed by atoms with Crippen LogP contribution in [-0.2, 0) is 0 Å². The predicted octanol–water partition coefficient (Wildman–Crippen LogP) is 6.53. The minimum Gasteiger partial charge on any atom is -0.246 e. The zero-order chi connectivity index (χ0) is 15.2. The molecule has 2 aromatic rings. The molecule has 0 radical (unpaired) electrons. The van der Waals surface area contributed by atoms with Crippen molar-refractivity contribution < 1.29 is 4.39 Å². The highest BCUT2D eigenvalue weighted by atomic mass is 31.1. The van der Waals surface area contributed by atoms with Crippen LogP contribution in [0.25, 0.3) is 11.1 Å². The largest absolute Gasteiger partial charge is 0.246 e. The monoisotopic (exact) mass is 304 g/mol. The van der Waals surface area contributed by atoms with Gasteiger partial charge >= 0.3 is 0 Å². The summed E-state index contributed by atoms with van der Waals surface area (Å²) in [5, 5.41) is 0. The Labute approximate surface area is 130 Å². The average molecular weight is 304 g/mol. The van der Waals surface area contributed by atoms with Crippen molar-refractivity contribution in [3.63, 3.8) is 0 Å². The van der Waals surface area contributed by atoms with Crippen molar-refractivity contribution in [2.45, 2.75) is 32.6 Å². The number of rotatable bonds is 7. The first kappa shape index (κ1) is 17.9. The number of halogens is 1. The molecule has 1 atom stereocenters. The summed E-state index contributed by atoms with van der Waals surface area (Å²) in [7, 11) is 0.559. The van der Waals surface area contributed by atoms with Gasteiger partial charge in [0.25, 0.3) is 0 Å². The van der Waals surface area contributed by atoms with Crippen molar-refractivity contribution in [2.75, 3.05) is 12.6 Å². The first-order valence-electron chi connectivity index (χ1n) is 7.75. The first-order chi connectivity index (χ1) is 10.4. The van der Waals surface area contributed by atoms with E-state index in [1.165, 1.54) is 36.8 Å². The Morgan fingerprint density at radius 2 is 1.29 bits per heavy atom. The summed E-state index contributed by atoms with van der Waals surface area (Å²) in [6, 6.07) is 20.8. The van der Waals surface area contributed by atoms with E-state index in [1.807, 2.05) is 12.1 Å². The highest BCUT2D eigenvalue weighted by Gasteiger charge is 1.91. The number of hydrogen-bond donors (Lipinski definition) is 0. The van der Waals surface area contributed by atoms with Crippen LogP contribution in [-0.4, -0.2) is 12.6 Å². The summed E-state index contributed by atoms with van der Waals surface area (Å²) < 4.78 is 11.5. The van der Waals surface area contributed by atoms with Gasteiger partial charge in [0.2, 0.25) is 0 Å². The Kier molecular flexibility index (Phi) is 10.7. The zero-order valence-electron chi connectivity index (χ0n) is 12.9. The van der Waals surface area contributed by atoms with Crippen LogP contribution < -0.4 is 0 Å². The molecule has 0 amide bonds. The minimum atomic E-state index is -0.105. The zero-order valence-corrected chi connectivity index (χ0v) is 13.9. The number of benzene rings is 2. The van der Waals surface area contributed by atoms with Crippen molar-refractivity contribution in [3.8, 4) is 11.1 Å². The Morgan fingerprint density at radius 1 is 0.762 bits per heavy atom. The molecular weight excluding hydrogens is 278 g/mol. The standard InChI is InChI=1S/C12H10.C7H16FP/c1-3-7-11(8-4-1)12-9-5-2-6-10-12;1-2-3-4-5-6-9-7-8/h1-10H;9H,2-7H2,1H3. The molecule has 0 saturated carbocycles. The summed E-state index contributed by atoms with van der Waals surface area (Å²) in [6.45, 7) is 2.19. The third-order valence-electron chi connectivity index (χ3n) is 3.18. The van der Waals surface area contributed by atoms with Gasteiger partial charge in [0.1, 0.15) is 6.42 Å². The molecule has 0 heterocycles. The van der Waals surface area contributed by atoms with Gasteiger partial charge in [0.05, 0.1) is 0 Å². The van der Waals surface area contributed by atoms with E-state index in [4.69, 9.17) is 0 Å². The van der Waals surface area contributed by atoms with Crippen LogP contribution in [0.2, 0.25) is 0 Å². The molecule has 0 saturated heterocycles. The molecule has 0 spiro atoms. The molecule has 0 aromatic heterocycles. The lowest BCUT2D eigenvalue weighted by Gasteiger charge is -1.98. The summed E-state index contributed by atoms with van der Waals surface area (Å²) >= 11 is 0. The molecule has 2 heteroatoms. The maximum absolute atomic E-state index is 11.5. The topological polar surface area (TPSA) is 0 Å². The number of alkyl halides is 1. The Morgan fingerprint density at radius 3 is 1.71 bits per heavy atom. The molecule has 21 heavy (non-hydrogen) atoms. The van der Waals surface area contributed by atoms with Gasteiger partial charge in [0.15, 0.2) is 0 Å². The summed E-state index contributed by atoms with van der Waals surface area (Å²) in [5.41, 5.74) is 2.55. The average Bonchev–Trinajstić information content (AvgIpc) is 2.57. The molecule has 0 aliphatic rings. The van der Waals surface area contributed by atoms with Crippen LogP contribution in [0.4, 0.5) is 4.39 Å². The van der Waals surface area contributed by atoms with E-state index >= 15 is 0 Å². The highest BCUT2D eigenvalue weighted by Crippen LogP contribution is 2.17. The third-order valence-corrected chi connectivity index (χ3v) is 4.08. The second-order valence-corrected chi connectivity index (χ2v) is 6.19. The quantitative estimate of drug-likeness (QED) is 0.403. The lowest BCUT2D eigenvalue weighted by Crippen LogP contribution is -1.77. The van der Waals surface area contributed by atoms with E-state index in [2.05, 4.69) is 55.5 Å². The normalized spacial score (nSPS) is 10.4. The van der Waals surface area contributed by atoms with Crippen molar-refractivity contribution >= 4 is 8.58 Å². The fraction of sp³-hybridized carbons (Fsp3) is 0.368. The first-order valence-corrected chi connectivity index (χ1v) is 9.17. The second-order valence-electron chi connectivity index (χ2n) is 4.93. The van der Waals surface area contributed by atoms with Crippen LogP contribution in [0.1, 0.15) is 32.6 Å². The molecule has 0 aliphatic carbocycles.